The number of amides is 2. The van der Waals surface area contributed by atoms with Gasteiger partial charge >= 0.3 is 6.03 Å². The molecule has 1 N–H and O–H groups in total. The molecule has 2 heterocycles. The zero-order chi connectivity index (χ0) is 21.6. The van der Waals surface area contributed by atoms with E-state index in [9.17, 15) is 4.79 Å². The Morgan fingerprint density at radius 2 is 1.84 bits per heavy atom. The number of ether oxygens (including phenoxy) is 1. The summed E-state index contributed by atoms with van der Waals surface area (Å²) in [7, 11) is 2.19. The van der Waals surface area contributed by atoms with E-state index in [1.807, 2.05) is 29.2 Å². The molecule has 2 aliphatic heterocycles. The van der Waals surface area contributed by atoms with Crippen LogP contribution in [0.15, 0.2) is 48.5 Å². The largest absolute Gasteiger partial charge is 0.493 e. The summed E-state index contributed by atoms with van der Waals surface area (Å²) in [4.78, 5) is 19.2. The molecule has 0 aromatic heterocycles. The van der Waals surface area contributed by atoms with Crippen LogP contribution in [-0.4, -0.2) is 73.7 Å². The van der Waals surface area contributed by atoms with Crippen LogP contribution in [0.25, 0.3) is 0 Å². The molecule has 2 fully saturated rings. The van der Waals surface area contributed by atoms with E-state index in [1.54, 1.807) is 0 Å². The first-order valence-electron chi connectivity index (χ1n) is 11.3. The summed E-state index contributed by atoms with van der Waals surface area (Å²) in [6.07, 6.45) is 1.04. The predicted octanol–water partition coefficient (Wildman–Crippen LogP) is 3.28. The van der Waals surface area contributed by atoms with E-state index in [4.69, 9.17) is 4.74 Å². The van der Waals surface area contributed by atoms with Crippen LogP contribution < -0.4 is 10.1 Å². The third-order valence-electron chi connectivity index (χ3n) is 6.27. The Morgan fingerprint density at radius 1 is 1.06 bits per heavy atom. The van der Waals surface area contributed by atoms with Crippen molar-refractivity contribution in [1.29, 1.82) is 0 Å². The van der Waals surface area contributed by atoms with Crippen molar-refractivity contribution >= 4 is 6.03 Å². The van der Waals surface area contributed by atoms with Gasteiger partial charge in [-0.3, -0.25) is 0 Å². The Labute approximate surface area is 185 Å². The lowest BCUT2D eigenvalue weighted by molar-refractivity contribution is 0.145. The number of urea groups is 1. The maximum atomic E-state index is 12.4. The van der Waals surface area contributed by atoms with Gasteiger partial charge in [0.05, 0.1) is 12.6 Å². The van der Waals surface area contributed by atoms with Gasteiger partial charge in [-0.2, -0.15) is 0 Å². The molecule has 2 amide bonds. The highest BCUT2D eigenvalue weighted by Crippen LogP contribution is 2.24. The van der Waals surface area contributed by atoms with Gasteiger partial charge in [0.1, 0.15) is 5.75 Å². The summed E-state index contributed by atoms with van der Waals surface area (Å²) in [5.41, 5.74) is 3.40. The highest BCUT2D eigenvalue weighted by Gasteiger charge is 2.29. The van der Waals surface area contributed by atoms with Crippen LogP contribution in [0.5, 0.6) is 5.75 Å². The molecular formula is C25H34N4O2. The van der Waals surface area contributed by atoms with Crippen LogP contribution in [0.3, 0.4) is 0 Å². The van der Waals surface area contributed by atoms with Crippen LogP contribution in [-0.2, 0) is 6.54 Å². The number of carbonyl (C=O) groups excluding carboxylic acids is 1. The second-order valence-electron chi connectivity index (χ2n) is 8.74. The Kier molecular flexibility index (Phi) is 7.10. The lowest BCUT2D eigenvalue weighted by atomic mass is 10.1. The molecule has 2 aliphatic rings. The number of hydrogen-bond acceptors (Lipinski definition) is 4. The van der Waals surface area contributed by atoms with E-state index in [0.717, 1.165) is 68.2 Å². The standard InChI is InChI=1S/C25H34N4O2/c1-20-17-21(18-29-19-23(26-25(29)30)22-7-4-3-5-8-22)9-10-24(20)31-16-6-11-28-14-12-27(2)13-15-28/h3-5,7-10,17,23H,6,11-16,18-19H2,1-2H3,(H,26,30)/t23-/m1/s1. The molecule has 0 saturated carbocycles. The zero-order valence-electron chi connectivity index (χ0n) is 18.7. The molecular weight excluding hydrogens is 388 g/mol. The number of nitrogens with zero attached hydrogens (tertiary/aromatic N) is 3. The molecule has 166 valence electrons. The molecule has 0 aliphatic carbocycles. The Bertz CT molecular complexity index is 865. The molecule has 0 radical (unpaired) electrons. The highest BCUT2D eigenvalue weighted by atomic mass is 16.5. The summed E-state index contributed by atoms with van der Waals surface area (Å²) in [5.74, 6) is 0.940. The van der Waals surface area contributed by atoms with Gasteiger partial charge in [-0.05, 0) is 43.1 Å². The average molecular weight is 423 g/mol. The average Bonchev–Trinajstić information content (AvgIpc) is 3.14. The number of rotatable bonds is 8. The normalized spacial score (nSPS) is 20.1. The van der Waals surface area contributed by atoms with Crippen molar-refractivity contribution in [1.82, 2.24) is 20.0 Å². The van der Waals surface area contributed by atoms with Gasteiger partial charge in [0.2, 0.25) is 0 Å². The van der Waals surface area contributed by atoms with Crippen LogP contribution >= 0.6 is 0 Å². The van der Waals surface area contributed by atoms with Crippen molar-refractivity contribution in [3.63, 3.8) is 0 Å². The van der Waals surface area contributed by atoms with Crippen molar-refractivity contribution in [2.24, 2.45) is 0 Å². The number of hydrogen-bond donors (Lipinski definition) is 1. The van der Waals surface area contributed by atoms with Crippen molar-refractivity contribution in [2.45, 2.75) is 25.9 Å². The third kappa shape index (κ3) is 5.77. The highest BCUT2D eigenvalue weighted by molar-refractivity contribution is 5.77. The maximum absolute atomic E-state index is 12.4. The molecule has 0 bridgehead atoms. The number of nitrogens with one attached hydrogen (secondary N) is 1. The molecule has 2 saturated heterocycles. The third-order valence-corrected chi connectivity index (χ3v) is 6.27. The van der Waals surface area contributed by atoms with Crippen molar-refractivity contribution < 1.29 is 9.53 Å². The van der Waals surface area contributed by atoms with Crippen LogP contribution in [0.4, 0.5) is 4.79 Å². The van der Waals surface area contributed by atoms with Gasteiger partial charge in [0, 0.05) is 45.8 Å². The van der Waals surface area contributed by atoms with Crippen LogP contribution in [0, 0.1) is 6.92 Å². The summed E-state index contributed by atoms with van der Waals surface area (Å²) >= 11 is 0. The molecule has 31 heavy (non-hydrogen) atoms. The van der Waals surface area contributed by atoms with Gasteiger partial charge in [0.15, 0.2) is 0 Å². The fourth-order valence-electron chi connectivity index (χ4n) is 4.33. The van der Waals surface area contributed by atoms with Gasteiger partial charge in [-0.25, -0.2) is 4.79 Å². The molecule has 2 aromatic rings. The minimum atomic E-state index is -0.00395. The second kappa shape index (κ2) is 10.2. The number of carbonyl (C=O) groups is 1. The maximum Gasteiger partial charge on any atom is 0.318 e. The Balaban J connectivity index is 1.24. The summed E-state index contributed by atoms with van der Waals surface area (Å²) in [6.45, 7) is 9.82. The quantitative estimate of drug-likeness (QED) is 0.664. The van der Waals surface area contributed by atoms with E-state index in [2.05, 4.69) is 53.4 Å². The van der Waals surface area contributed by atoms with Crippen molar-refractivity contribution in [2.75, 3.05) is 52.9 Å². The first-order valence-corrected chi connectivity index (χ1v) is 11.3. The van der Waals surface area contributed by atoms with Crippen molar-refractivity contribution in [3.05, 3.63) is 65.2 Å². The SMILES string of the molecule is Cc1cc(CN2C[C@H](c3ccccc3)NC2=O)ccc1OCCCN1CCN(C)CC1. The lowest BCUT2D eigenvalue weighted by Gasteiger charge is -2.32. The fraction of sp³-hybridized carbons (Fsp3) is 0.480. The Morgan fingerprint density at radius 3 is 2.58 bits per heavy atom. The summed E-state index contributed by atoms with van der Waals surface area (Å²) in [5, 5.41) is 3.09. The van der Waals surface area contributed by atoms with Crippen LogP contribution in [0.1, 0.15) is 29.2 Å². The summed E-state index contributed by atoms with van der Waals surface area (Å²) in [6, 6.07) is 16.5. The van der Waals surface area contributed by atoms with E-state index in [0.29, 0.717) is 13.1 Å². The van der Waals surface area contributed by atoms with Crippen molar-refractivity contribution in [3.8, 4) is 5.75 Å². The van der Waals surface area contributed by atoms with Gasteiger partial charge in [0.25, 0.3) is 0 Å². The van der Waals surface area contributed by atoms with E-state index in [-0.39, 0.29) is 12.1 Å². The minimum absolute atomic E-state index is 0.00395. The zero-order valence-corrected chi connectivity index (χ0v) is 18.7. The first-order chi connectivity index (χ1) is 15.1. The molecule has 1 atom stereocenters. The van der Waals surface area contributed by atoms with Gasteiger partial charge in [-0.15, -0.1) is 0 Å². The monoisotopic (exact) mass is 422 g/mol. The molecule has 2 aromatic carbocycles. The van der Waals surface area contributed by atoms with Gasteiger partial charge < -0.3 is 24.8 Å². The van der Waals surface area contributed by atoms with Crippen LogP contribution in [0.2, 0.25) is 0 Å². The number of aryl methyl sites for hydroxylation is 1. The number of likely N-dealkylation sites (N-methyl/N-ethyl adjacent to an activating group) is 1. The number of piperazine rings is 1. The Hall–Kier alpha value is -2.57. The van der Waals surface area contributed by atoms with E-state index >= 15 is 0 Å². The molecule has 0 spiro atoms. The number of benzene rings is 2. The summed E-state index contributed by atoms with van der Waals surface area (Å²) < 4.78 is 6.04. The molecule has 6 heteroatoms. The minimum Gasteiger partial charge on any atom is -0.493 e. The predicted molar refractivity (Wildman–Crippen MR) is 123 cm³/mol. The van der Waals surface area contributed by atoms with Gasteiger partial charge in [-0.1, -0.05) is 42.5 Å². The molecule has 4 rings (SSSR count). The second-order valence-corrected chi connectivity index (χ2v) is 8.74. The first kappa shape index (κ1) is 21.7. The molecule has 0 unspecified atom stereocenters. The van der Waals surface area contributed by atoms with E-state index < -0.39 is 0 Å². The smallest absolute Gasteiger partial charge is 0.318 e. The molecule has 6 nitrogen and oxygen atoms in total. The van der Waals surface area contributed by atoms with E-state index in [1.165, 1.54) is 0 Å². The lowest BCUT2D eigenvalue weighted by Crippen LogP contribution is -2.44. The topological polar surface area (TPSA) is 48.1 Å². The fourth-order valence-corrected chi connectivity index (χ4v) is 4.33.